The minimum absolute atomic E-state index is 0.209. The Morgan fingerprint density at radius 3 is 2.62 bits per heavy atom. The lowest BCUT2D eigenvalue weighted by Gasteiger charge is -2.33. The summed E-state index contributed by atoms with van der Waals surface area (Å²) >= 11 is 0. The first kappa shape index (κ1) is 14.2. The van der Waals surface area contributed by atoms with E-state index in [0.29, 0.717) is 0 Å². The molecule has 0 amide bonds. The van der Waals surface area contributed by atoms with Gasteiger partial charge >= 0.3 is 0 Å². The fraction of sp³-hybridized carbons (Fsp3) is 0.368. The molecule has 2 atom stereocenters. The number of para-hydroxylation sites is 1. The minimum atomic E-state index is 0.209. The van der Waals surface area contributed by atoms with Crippen molar-refractivity contribution in [3.05, 3.63) is 59.2 Å². The Balaban J connectivity index is 2.14. The number of ether oxygens (including phenoxy) is 1. The molecule has 0 fully saturated rings. The summed E-state index contributed by atoms with van der Waals surface area (Å²) in [7, 11) is 0. The number of aliphatic hydroxyl groups is 1. The number of hydrogen-bond acceptors (Lipinski definition) is 2. The van der Waals surface area contributed by atoms with E-state index in [1.807, 2.05) is 18.2 Å². The molecule has 1 aliphatic rings. The molecule has 0 spiro atoms. The van der Waals surface area contributed by atoms with Gasteiger partial charge in [0, 0.05) is 23.7 Å². The summed E-state index contributed by atoms with van der Waals surface area (Å²) in [4.78, 5) is 0. The van der Waals surface area contributed by atoms with Gasteiger partial charge in [0.2, 0.25) is 0 Å². The van der Waals surface area contributed by atoms with Gasteiger partial charge < -0.3 is 9.84 Å². The second kappa shape index (κ2) is 5.90. The highest BCUT2D eigenvalue weighted by Crippen LogP contribution is 2.48. The van der Waals surface area contributed by atoms with E-state index in [2.05, 4.69) is 38.1 Å². The summed E-state index contributed by atoms with van der Waals surface area (Å²) in [6, 6.07) is 14.5. The molecule has 2 aromatic rings. The van der Waals surface area contributed by atoms with Crippen molar-refractivity contribution >= 4 is 0 Å². The second-order valence-corrected chi connectivity index (χ2v) is 5.89. The first-order chi connectivity index (χ1) is 10.2. The maximum absolute atomic E-state index is 9.89. The summed E-state index contributed by atoms with van der Waals surface area (Å²) < 4.78 is 6.05. The van der Waals surface area contributed by atoms with Crippen LogP contribution < -0.4 is 4.74 Å². The van der Waals surface area contributed by atoms with Crippen LogP contribution in [-0.2, 0) is 0 Å². The van der Waals surface area contributed by atoms with E-state index in [0.717, 1.165) is 24.3 Å². The SMILES string of the molecule is CCC[C@@H](CO)C1c2ccccc2Oc2ccc(C)cc21. The van der Waals surface area contributed by atoms with Gasteiger partial charge in [-0.25, -0.2) is 0 Å². The van der Waals surface area contributed by atoms with Crippen molar-refractivity contribution in [3.8, 4) is 11.5 Å². The molecule has 0 aromatic heterocycles. The van der Waals surface area contributed by atoms with Crippen LogP contribution in [0.15, 0.2) is 42.5 Å². The van der Waals surface area contributed by atoms with Crippen molar-refractivity contribution in [2.24, 2.45) is 5.92 Å². The van der Waals surface area contributed by atoms with Crippen LogP contribution in [0.5, 0.6) is 11.5 Å². The zero-order valence-electron chi connectivity index (χ0n) is 12.7. The molecule has 21 heavy (non-hydrogen) atoms. The smallest absolute Gasteiger partial charge is 0.131 e. The van der Waals surface area contributed by atoms with Gasteiger partial charge in [-0.3, -0.25) is 0 Å². The molecule has 2 nitrogen and oxygen atoms in total. The van der Waals surface area contributed by atoms with Crippen LogP contribution in [0.1, 0.15) is 42.4 Å². The Morgan fingerprint density at radius 1 is 1.10 bits per heavy atom. The number of aryl methyl sites for hydroxylation is 1. The third kappa shape index (κ3) is 2.56. The molecule has 0 saturated heterocycles. The number of benzene rings is 2. The van der Waals surface area contributed by atoms with E-state index < -0.39 is 0 Å². The molecule has 1 heterocycles. The van der Waals surface area contributed by atoms with Gasteiger partial charge in [-0.05, 0) is 31.4 Å². The Hall–Kier alpha value is -1.80. The molecule has 0 bridgehead atoms. The molecule has 0 saturated carbocycles. The third-order valence-electron chi connectivity index (χ3n) is 4.34. The topological polar surface area (TPSA) is 29.5 Å². The van der Waals surface area contributed by atoms with Crippen LogP contribution in [0.4, 0.5) is 0 Å². The number of rotatable bonds is 4. The molecule has 2 aromatic carbocycles. The summed E-state index contributed by atoms with van der Waals surface area (Å²) in [5.41, 5.74) is 3.64. The lowest BCUT2D eigenvalue weighted by molar-refractivity contribution is 0.200. The van der Waals surface area contributed by atoms with Crippen LogP contribution in [0.25, 0.3) is 0 Å². The predicted molar refractivity (Wildman–Crippen MR) is 85.0 cm³/mol. The zero-order valence-corrected chi connectivity index (χ0v) is 12.7. The molecule has 1 unspecified atom stereocenters. The Morgan fingerprint density at radius 2 is 1.86 bits per heavy atom. The van der Waals surface area contributed by atoms with Crippen molar-refractivity contribution in [2.75, 3.05) is 6.61 Å². The van der Waals surface area contributed by atoms with E-state index in [-0.39, 0.29) is 18.4 Å². The molecule has 3 rings (SSSR count). The van der Waals surface area contributed by atoms with Gasteiger partial charge in [0.05, 0.1) is 0 Å². The highest BCUT2D eigenvalue weighted by molar-refractivity contribution is 5.54. The van der Waals surface area contributed by atoms with Crippen LogP contribution >= 0.6 is 0 Å². The molecule has 0 aliphatic carbocycles. The van der Waals surface area contributed by atoms with E-state index in [9.17, 15) is 5.11 Å². The molecular weight excluding hydrogens is 260 g/mol. The molecular formula is C19H22O2. The fourth-order valence-corrected chi connectivity index (χ4v) is 3.36. The van der Waals surface area contributed by atoms with Crippen molar-refractivity contribution in [2.45, 2.75) is 32.6 Å². The predicted octanol–water partition coefficient (Wildman–Crippen LogP) is 4.64. The van der Waals surface area contributed by atoms with E-state index >= 15 is 0 Å². The van der Waals surface area contributed by atoms with Crippen molar-refractivity contribution in [1.82, 2.24) is 0 Å². The van der Waals surface area contributed by atoms with Crippen LogP contribution in [0.2, 0.25) is 0 Å². The van der Waals surface area contributed by atoms with Crippen molar-refractivity contribution in [1.29, 1.82) is 0 Å². The maximum Gasteiger partial charge on any atom is 0.131 e. The average Bonchev–Trinajstić information content (AvgIpc) is 2.51. The van der Waals surface area contributed by atoms with Crippen molar-refractivity contribution in [3.63, 3.8) is 0 Å². The highest BCUT2D eigenvalue weighted by Gasteiger charge is 2.32. The van der Waals surface area contributed by atoms with Gasteiger partial charge in [0.25, 0.3) is 0 Å². The van der Waals surface area contributed by atoms with E-state index in [1.54, 1.807) is 0 Å². The van der Waals surface area contributed by atoms with Gasteiger partial charge in [-0.15, -0.1) is 0 Å². The van der Waals surface area contributed by atoms with Crippen molar-refractivity contribution < 1.29 is 9.84 Å². The van der Waals surface area contributed by atoms with Crippen LogP contribution in [-0.4, -0.2) is 11.7 Å². The summed E-state index contributed by atoms with van der Waals surface area (Å²) in [5, 5.41) is 9.89. The lowest BCUT2D eigenvalue weighted by Crippen LogP contribution is -2.22. The molecule has 1 aliphatic heterocycles. The third-order valence-corrected chi connectivity index (χ3v) is 4.34. The summed E-state index contributed by atoms with van der Waals surface area (Å²) in [5.74, 6) is 2.31. The van der Waals surface area contributed by atoms with E-state index in [1.165, 1.54) is 16.7 Å². The number of hydrogen-bond donors (Lipinski definition) is 1. The van der Waals surface area contributed by atoms with Gasteiger partial charge in [-0.2, -0.15) is 0 Å². The number of fused-ring (bicyclic) bond motifs is 2. The summed E-state index contributed by atoms with van der Waals surface area (Å²) in [6.07, 6.45) is 2.09. The monoisotopic (exact) mass is 282 g/mol. The molecule has 110 valence electrons. The first-order valence-corrected chi connectivity index (χ1v) is 7.72. The van der Waals surface area contributed by atoms with Gasteiger partial charge in [-0.1, -0.05) is 49.2 Å². The normalized spacial score (nSPS) is 17.6. The standard InChI is InChI=1S/C19H22O2/c1-3-6-14(12-20)19-15-7-4-5-8-17(15)21-18-10-9-13(2)11-16(18)19/h4-5,7-11,14,19-20H,3,6,12H2,1-2H3/t14-,19?/m0/s1. The average molecular weight is 282 g/mol. The Bertz CT molecular complexity index is 633. The van der Waals surface area contributed by atoms with Gasteiger partial charge in [0.15, 0.2) is 0 Å². The Kier molecular flexibility index (Phi) is 3.98. The minimum Gasteiger partial charge on any atom is -0.457 e. The van der Waals surface area contributed by atoms with Crippen LogP contribution in [0.3, 0.4) is 0 Å². The molecule has 1 N–H and O–H groups in total. The van der Waals surface area contributed by atoms with E-state index in [4.69, 9.17) is 4.74 Å². The highest BCUT2D eigenvalue weighted by atomic mass is 16.5. The van der Waals surface area contributed by atoms with Gasteiger partial charge in [0.1, 0.15) is 11.5 Å². The lowest BCUT2D eigenvalue weighted by atomic mass is 9.77. The molecule has 0 radical (unpaired) electrons. The summed E-state index contributed by atoms with van der Waals surface area (Å²) in [6.45, 7) is 4.48. The second-order valence-electron chi connectivity index (χ2n) is 5.89. The quantitative estimate of drug-likeness (QED) is 0.885. The first-order valence-electron chi connectivity index (χ1n) is 7.72. The number of aliphatic hydroxyl groups excluding tert-OH is 1. The Labute approximate surface area is 126 Å². The largest absolute Gasteiger partial charge is 0.457 e. The molecule has 2 heteroatoms. The van der Waals surface area contributed by atoms with Crippen LogP contribution in [0, 0.1) is 12.8 Å². The fourth-order valence-electron chi connectivity index (χ4n) is 3.36. The zero-order chi connectivity index (χ0) is 14.8. The maximum atomic E-state index is 9.89.